The Morgan fingerprint density at radius 1 is 0.767 bits per heavy atom. The molecule has 0 aromatic carbocycles. The normalized spacial score (nSPS) is 46.2. The molecule has 4 fully saturated rings. The Morgan fingerprint density at radius 3 is 2.20 bits per heavy atom. The minimum absolute atomic E-state index is 0.600. The van der Waals surface area contributed by atoms with Gasteiger partial charge in [-0.15, -0.1) is 0 Å². The number of rotatable bonds is 6. The lowest BCUT2D eigenvalue weighted by Crippen LogP contribution is -2.54. The second-order valence-corrected chi connectivity index (χ2v) is 14.2. The maximum atomic E-state index is 2.77. The van der Waals surface area contributed by atoms with Gasteiger partial charge in [-0.2, -0.15) is 0 Å². The van der Waals surface area contributed by atoms with Crippen LogP contribution in [0.25, 0.3) is 0 Å². The molecule has 8 unspecified atom stereocenters. The van der Waals surface area contributed by atoms with Gasteiger partial charge in [-0.25, -0.2) is 0 Å². The van der Waals surface area contributed by atoms with Gasteiger partial charge in [0.1, 0.15) is 0 Å². The zero-order chi connectivity index (χ0) is 21.7. The quantitative estimate of drug-likeness (QED) is 0.406. The Morgan fingerprint density at radius 2 is 1.50 bits per heavy atom. The molecular formula is C30H54. The van der Waals surface area contributed by atoms with E-state index in [1.165, 1.54) is 44.9 Å². The van der Waals surface area contributed by atoms with Crippen molar-refractivity contribution in [3.63, 3.8) is 0 Å². The van der Waals surface area contributed by atoms with Crippen LogP contribution in [0.3, 0.4) is 0 Å². The molecule has 0 aromatic heterocycles. The van der Waals surface area contributed by atoms with E-state index in [1.54, 1.807) is 38.5 Å². The molecule has 0 heteroatoms. The minimum Gasteiger partial charge on any atom is -0.0651 e. The molecule has 30 heavy (non-hydrogen) atoms. The molecule has 0 amide bonds. The lowest BCUT2D eigenvalue weighted by Gasteiger charge is -2.62. The predicted octanol–water partition coefficient (Wildman–Crippen LogP) is 9.52. The summed E-state index contributed by atoms with van der Waals surface area (Å²) in [5.74, 6) is 7.07. The molecule has 8 atom stereocenters. The fourth-order valence-electron chi connectivity index (χ4n) is 9.93. The molecule has 0 N–H and O–H groups in total. The molecule has 0 aliphatic heterocycles. The first-order valence-electron chi connectivity index (χ1n) is 14.1. The number of hydrogen-bond acceptors (Lipinski definition) is 0. The molecule has 0 saturated heterocycles. The first kappa shape index (κ1) is 23.2. The molecule has 0 aromatic rings. The van der Waals surface area contributed by atoms with Crippen LogP contribution in [0.15, 0.2) is 0 Å². The molecule has 4 aliphatic rings. The fourth-order valence-corrected chi connectivity index (χ4v) is 9.93. The zero-order valence-corrected chi connectivity index (χ0v) is 21.7. The van der Waals surface area contributed by atoms with Crippen LogP contribution in [0, 0.1) is 57.7 Å². The van der Waals surface area contributed by atoms with Crippen molar-refractivity contribution in [2.75, 3.05) is 0 Å². The maximum absolute atomic E-state index is 2.77. The maximum Gasteiger partial charge on any atom is -0.0264 e. The Bertz CT molecular complexity index is 587. The van der Waals surface area contributed by atoms with Gasteiger partial charge in [0.25, 0.3) is 0 Å². The van der Waals surface area contributed by atoms with Gasteiger partial charge in [0.05, 0.1) is 0 Å². The van der Waals surface area contributed by atoms with Gasteiger partial charge in [0.15, 0.2) is 0 Å². The molecule has 0 heterocycles. The van der Waals surface area contributed by atoms with Gasteiger partial charge in [-0.05, 0) is 115 Å². The highest BCUT2D eigenvalue weighted by Gasteiger charge is 2.61. The van der Waals surface area contributed by atoms with E-state index >= 15 is 0 Å². The smallest absolute Gasteiger partial charge is 0.0264 e. The predicted molar refractivity (Wildman–Crippen MR) is 131 cm³/mol. The average molecular weight is 415 g/mol. The topological polar surface area (TPSA) is 0 Å². The van der Waals surface area contributed by atoms with Gasteiger partial charge in [-0.3, -0.25) is 0 Å². The third-order valence-corrected chi connectivity index (χ3v) is 11.7. The first-order valence-corrected chi connectivity index (χ1v) is 14.1. The summed E-state index contributed by atoms with van der Waals surface area (Å²) in [7, 11) is 0. The van der Waals surface area contributed by atoms with Crippen LogP contribution in [0.1, 0.15) is 132 Å². The van der Waals surface area contributed by atoms with Crippen LogP contribution in [0.5, 0.6) is 0 Å². The number of fused-ring (bicyclic) bond motifs is 5. The van der Waals surface area contributed by atoms with Gasteiger partial charge in [0.2, 0.25) is 0 Å². The highest BCUT2D eigenvalue weighted by Crippen LogP contribution is 2.69. The van der Waals surface area contributed by atoms with Gasteiger partial charge in [0, 0.05) is 0 Å². The highest BCUT2D eigenvalue weighted by molar-refractivity contribution is 5.10. The molecule has 174 valence electrons. The van der Waals surface area contributed by atoms with Crippen LogP contribution < -0.4 is 0 Å². The van der Waals surface area contributed by atoms with Crippen molar-refractivity contribution < 1.29 is 0 Å². The Hall–Kier alpha value is 0. The SMILES string of the molecule is CCC(CCCC(C)C)C1CCC2C3CCC4CC(C)(C)CCC4(C)C3CCC12C. The van der Waals surface area contributed by atoms with Crippen molar-refractivity contribution in [1.82, 2.24) is 0 Å². The van der Waals surface area contributed by atoms with Crippen molar-refractivity contribution in [2.24, 2.45) is 57.7 Å². The molecule has 4 saturated carbocycles. The van der Waals surface area contributed by atoms with Gasteiger partial charge in [-0.1, -0.05) is 74.1 Å². The van der Waals surface area contributed by atoms with Crippen molar-refractivity contribution >= 4 is 0 Å². The van der Waals surface area contributed by atoms with Crippen LogP contribution in [-0.2, 0) is 0 Å². The number of hydrogen-bond donors (Lipinski definition) is 0. The average Bonchev–Trinajstić information content (AvgIpc) is 3.03. The lowest BCUT2D eigenvalue weighted by molar-refractivity contribution is -0.130. The Kier molecular flexibility index (Phi) is 6.49. The molecular weight excluding hydrogens is 360 g/mol. The fraction of sp³-hybridized carbons (Fsp3) is 1.00. The standard InChI is InChI=1S/C30H54/c1-8-22(11-9-10-21(2)3)25-14-15-26-24-13-12-23-20-28(4,5)18-19-29(23,6)27(24)16-17-30(25,26)7/h21-27H,8-20H2,1-7H3. The van der Waals surface area contributed by atoms with Crippen LogP contribution in [0.2, 0.25) is 0 Å². The van der Waals surface area contributed by atoms with Crippen molar-refractivity contribution in [3.8, 4) is 0 Å². The summed E-state index contributed by atoms with van der Waals surface area (Å²) in [6, 6.07) is 0. The molecule has 0 radical (unpaired) electrons. The summed E-state index contributed by atoms with van der Waals surface area (Å²) in [6.45, 7) is 17.9. The summed E-state index contributed by atoms with van der Waals surface area (Å²) in [6.07, 6.45) is 19.7. The van der Waals surface area contributed by atoms with Crippen LogP contribution in [-0.4, -0.2) is 0 Å². The van der Waals surface area contributed by atoms with E-state index in [4.69, 9.17) is 0 Å². The second kappa shape index (κ2) is 8.41. The Balaban J connectivity index is 1.48. The zero-order valence-electron chi connectivity index (χ0n) is 21.7. The van der Waals surface area contributed by atoms with Crippen molar-refractivity contribution in [3.05, 3.63) is 0 Å². The Labute approximate surface area is 189 Å². The van der Waals surface area contributed by atoms with Gasteiger partial charge < -0.3 is 0 Å². The summed E-state index contributed by atoms with van der Waals surface area (Å²) in [5.41, 5.74) is 1.93. The van der Waals surface area contributed by atoms with E-state index < -0.39 is 0 Å². The third-order valence-electron chi connectivity index (χ3n) is 11.7. The lowest BCUT2D eigenvalue weighted by atomic mass is 9.43. The van der Waals surface area contributed by atoms with Crippen LogP contribution >= 0.6 is 0 Å². The van der Waals surface area contributed by atoms with Crippen LogP contribution in [0.4, 0.5) is 0 Å². The third kappa shape index (κ3) is 3.94. The first-order chi connectivity index (χ1) is 14.1. The summed E-state index contributed by atoms with van der Waals surface area (Å²) in [4.78, 5) is 0. The monoisotopic (exact) mass is 414 g/mol. The van der Waals surface area contributed by atoms with E-state index in [0.717, 1.165) is 41.4 Å². The molecule has 0 nitrogen and oxygen atoms in total. The molecule has 0 spiro atoms. The van der Waals surface area contributed by atoms with E-state index in [0.29, 0.717) is 16.2 Å². The second-order valence-electron chi connectivity index (χ2n) is 14.2. The molecule has 4 aliphatic carbocycles. The largest absolute Gasteiger partial charge is 0.0651 e. The van der Waals surface area contributed by atoms with Gasteiger partial charge >= 0.3 is 0 Å². The summed E-state index contributed by atoms with van der Waals surface area (Å²) < 4.78 is 0. The summed E-state index contributed by atoms with van der Waals surface area (Å²) in [5, 5.41) is 0. The van der Waals surface area contributed by atoms with E-state index in [1.807, 2.05) is 0 Å². The van der Waals surface area contributed by atoms with E-state index in [9.17, 15) is 0 Å². The van der Waals surface area contributed by atoms with E-state index in [2.05, 4.69) is 48.5 Å². The van der Waals surface area contributed by atoms with Crippen molar-refractivity contribution in [1.29, 1.82) is 0 Å². The molecule has 0 bridgehead atoms. The van der Waals surface area contributed by atoms with Crippen molar-refractivity contribution in [2.45, 2.75) is 132 Å². The summed E-state index contributed by atoms with van der Waals surface area (Å²) >= 11 is 0. The van der Waals surface area contributed by atoms with E-state index in [-0.39, 0.29) is 0 Å². The highest BCUT2D eigenvalue weighted by atomic mass is 14.7. The minimum atomic E-state index is 0.600. The molecule has 4 rings (SSSR count).